The molecule has 0 aliphatic rings. The van der Waals surface area contributed by atoms with Crippen molar-refractivity contribution in [2.45, 2.75) is 13.5 Å². The number of benzene rings is 1. The molecule has 0 spiro atoms. The number of hydrogen-bond donors (Lipinski definition) is 1. The molecule has 1 aromatic carbocycles. The second kappa shape index (κ2) is 5.19. The van der Waals surface area contributed by atoms with Gasteiger partial charge in [0.1, 0.15) is 0 Å². The SMILES string of the molecule is Cc1cncc(NCc2sc3ccccc3c2Cl)c1. The molecule has 4 heteroatoms. The summed E-state index contributed by atoms with van der Waals surface area (Å²) in [4.78, 5) is 5.33. The van der Waals surface area contributed by atoms with Crippen molar-refractivity contribution in [2.24, 2.45) is 0 Å². The molecule has 0 saturated heterocycles. The highest BCUT2D eigenvalue weighted by molar-refractivity contribution is 7.19. The zero-order chi connectivity index (χ0) is 13.2. The lowest BCUT2D eigenvalue weighted by atomic mass is 10.2. The average molecular weight is 289 g/mol. The number of thiophene rings is 1. The highest BCUT2D eigenvalue weighted by Gasteiger charge is 2.09. The summed E-state index contributed by atoms with van der Waals surface area (Å²) in [6.45, 7) is 2.76. The van der Waals surface area contributed by atoms with Crippen molar-refractivity contribution in [1.29, 1.82) is 0 Å². The largest absolute Gasteiger partial charge is 0.379 e. The summed E-state index contributed by atoms with van der Waals surface area (Å²) in [5, 5.41) is 5.36. The van der Waals surface area contributed by atoms with E-state index in [0.29, 0.717) is 0 Å². The van der Waals surface area contributed by atoms with Crippen LogP contribution in [-0.2, 0) is 6.54 Å². The summed E-state index contributed by atoms with van der Waals surface area (Å²) >= 11 is 8.14. The number of halogens is 1. The molecule has 0 atom stereocenters. The Kier molecular flexibility index (Phi) is 3.40. The minimum Gasteiger partial charge on any atom is -0.379 e. The van der Waals surface area contributed by atoms with Crippen LogP contribution in [0.25, 0.3) is 10.1 Å². The molecule has 0 aliphatic heterocycles. The van der Waals surface area contributed by atoms with E-state index >= 15 is 0 Å². The van der Waals surface area contributed by atoms with Crippen LogP contribution < -0.4 is 5.32 Å². The molecule has 2 aromatic heterocycles. The number of rotatable bonds is 3. The van der Waals surface area contributed by atoms with Gasteiger partial charge in [-0.15, -0.1) is 11.3 Å². The van der Waals surface area contributed by atoms with E-state index in [1.165, 1.54) is 4.70 Å². The van der Waals surface area contributed by atoms with Crippen LogP contribution in [0.4, 0.5) is 5.69 Å². The first-order valence-electron chi connectivity index (χ1n) is 6.05. The van der Waals surface area contributed by atoms with Gasteiger partial charge in [0.05, 0.1) is 17.3 Å². The van der Waals surface area contributed by atoms with E-state index in [0.717, 1.165) is 33.1 Å². The zero-order valence-corrected chi connectivity index (χ0v) is 12.1. The average Bonchev–Trinajstić information content (AvgIpc) is 2.74. The van der Waals surface area contributed by atoms with Crippen LogP contribution in [-0.4, -0.2) is 4.98 Å². The van der Waals surface area contributed by atoms with Gasteiger partial charge in [0.25, 0.3) is 0 Å². The van der Waals surface area contributed by atoms with Crippen LogP contribution >= 0.6 is 22.9 Å². The minimum absolute atomic E-state index is 0.726. The number of nitrogens with zero attached hydrogens (tertiary/aromatic N) is 1. The summed E-state index contributed by atoms with van der Waals surface area (Å²) in [5.41, 5.74) is 2.17. The fraction of sp³-hybridized carbons (Fsp3) is 0.133. The first-order chi connectivity index (χ1) is 9.24. The van der Waals surface area contributed by atoms with Crippen molar-refractivity contribution in [3.8, 4) is 0 Å². The maximum absolute atomic E-state index is 6.41. The molecule has 0 unspecified atom stereocenters. The quantitative estimate of drug-likeness (QED) is 0.744. The maximum Gasteiger partial charge on any atom is 0.0642 e. The van der Waals surface area contributed by atoms with Gasteiger partial charge >= 0.3 is 0 Å². The fourth-order valence-corrected chi connectivity index (χ4v) is 3.45. The van der Waals surface area contributed by atoms with Gasteiger partial charge in [-0.05, 0) is 24.6 Å². The third kappa shape index (κ3) is 2.57. The first kappa shape index (κ1) is 12.5. The van der Waals surface area contributed by atoms with Crippen LogP contribution in [0.5, 0.6) is 0 Å². The second-order valence-electron chi connectivity index (χ2n) is 4.44. The molecule has 96 valence electrons. The van der Waals surface area contributed by atoms with Gasteiger partial charge in [-0.3, -0.25) is 4.98 Å². The molecular weight excluding hydrogens is 276 g/mol. The van der Waals surface area contributed by atoms with Crippen LogP contribution in [0.3, 0.4) is 0 Å². The van der Waals surface area contributed by atoms with Crippen molar-refractivity contribution < 1.29 is 0 Å². The highest BCUT2D eigenvalue weighted by atomic mass is 35.5. The van der Waals surface area contributed by atoms with Crippen molar-refractivity contribution in [2.75, 3.05) is 5.32 Å². The summed E-state index contributed by atoms with van der Waals surface area (Å²) in [5.74, 6) is 0. The number of aryl methyl sites for hydroxylation is 1. The number of aromatic nitrogens is 1. The Labute approximate surface area is 121 Å². The number of pyridine rings is 1. The molecule has 0 amide bonds. The van der Waals surface area contributed by atoms with Gasteiger partial charge in [0, 0.05) is 27.4 Å². The number of hydrogen-bond acceptors (Lipinski definition) is 3. The molecular formula is C15H13ClN2S. The van der Waals surface area contributed by atoms with Crippen molar-refractivity contribution in [1.82, 2.24) is 4.98 Å². The smallest absolute Gasteiger partial charge is 0.0642 e. The lowest BCUT2D eigenvalue weighted by Crippen LogP contribution is -1.98. The Bertz CT molecular complexity index is 721. The fourth-order valence-electron chi connectivity index (χ4n) is 2.01. The molecule has 1 N–H and O–H groups in total. The molecule has 0 bridgehead atoms. The van der Waals surface area contributed by atoms with Gasteiger partial charge < -0.3 is 5.32 Å². The number of nitrogens with one attached hydrogen (secondary N) is 1. The second-order valence-corrected chi connectivity index (χ2v) is 5.95. The summed E-state index contributed by atoms with van der Waals surface area (Å²) in [6.07, 6.45) is 3.67. The number of fused-ring (bicyclic) bond motifs is 1. The van der Waals surface area contributed by atoms with E-state index < -0.39 is 0 Å². The Morgan fingerprint density at radius 3 is 2.89 bits per heavy atom. The molecule has 0 fully saturated rings. The van der Waals surface area contributed by atoms with Crippen LogP contribution in [0.1, 0.15) is 10.4 Å². The lowest BCUT2D eigenvalue weighted by Gasteiger charge is -2.05. The van der Waals surface area contributed by atoms with Gasteiger partial charge in [-0.25, -0.2) is 0 Å². The summed E-state index contributed by atoms with van der Waals surface area (Å²) in [6, 6.07) is 10.3. The van der Waals surface area contributed by atoms with Gasteiger partial charge in [-0.1, -0.05) is 29.8 Å². The van der Waals surface area contributed by atoms with Gasteiger partial charge in [0.15, 0.2) is 0 Å². The molecule has 0 aliphatic carbocycles. The van der Waals surface area contributed by atoms with E-state index in [1.807, 2.05) is 31.5 Å². The Morgan fingerprint density at radius 2 is 2.11 bits per heavy atom. The first-order valence-corrected chi connectivity index (χ1v) is 7.25. The van der Waals surface area contributed by atoms with Crippen LogP contribution in [0.2, 0.25) is 5.02 Å². The molecule has 19 heavy (non-hydrogen) atoms. The number of anilines is 1. The predicted octanol–water partition coefficient (Wildman–Crippen LogP) is 4.87. The van der Waals surface area contributed by atoms with Crippen LogP contribution in [0, 0.1) is 6.92 Å². The van der Waals surface area contributed by atoms with E-state index in [4.69, 9.17) is 11.6 Å². The van der Waals surface area contributed by atoms with Gasteiger partial charge in [0.2, 0.25) is 0 Å². The van der Waals surface area contributed by atoms with Crippen molar-refractivity contribution in [3.05, 3.63) is 58.2 Å². The third-order valence-electron chi connectivity index (χ3n) is 2.93. The standard InChI is InChI=1S/C15H13ClN2S/c1-10-6-11(8-17-7-10)18-9-14-15(16)12-4-2-3-5-13(12)19-14/h2-8,18H,9H2,1H3. The van der Waals surface area contributed by atoms with Crippen molar-refractivity contribution >= 4 is 38.7 Å². The van der Waals surface area contributed by atoms with E-state index in [-0.39, 0.29) is 0 Å². The van der Waals surface area contributed by atoms with Gasteiger partial charge in [-0.2, -0.15) is 0 Å². The Morgan fingerprint density at radius 1 is 1.26 bits per heavy atom. The third-order valence-corrected chi connectivity index (χ3v) is 4.64. The Balaban J connectivity index is 1.84. The van der Waals surface area contributed by atoms with Crippen molar-refractivity contribution in [3.63, 3.8) is 0 Å². The lowest BCUT2D eigenvalue weighted by molar-refractivity contribution is 1.16. The predicted molar refractivity (Wildman–Crippen MR) is 83.1 cm³/mol. The molecule has 0 radical (unpaired) electrons. The van der Waals surface area contributed by atoms with Crippen LogP contribution in [0.15, 0.2) is 42.7 Å². The topological polar surface area (TPSA) is 24.9 Å². The minimum atomic E-state index is 0.726. The zero-order valence-electron chi connectivity index (χ0n) is 10.5. The normalized spacial score (nSPS) is 10.8. The molecule has 2 heterocycles. The monoisotopic (exact) mass is 288 g/mol. The van der Waals surface area contributed by atoms with E-state index in [2.05, 4.69) is 28.5 Å². The molecule has 3 rings (SSSR count). The summed E-state index contributed by atoms with van der Waals surface area (Å²) in [7, 11) is 0. The summed E-state index contributed by atoms with van der Waals surface area (Å²) < 4.78 is 1.23. The molecule has 0 saturated carbocycles. The highest BCUT2D eigenvalue weighted by Crippen LogP contribution is 2.35. The molecule has 3 aromatic rings. The molecule has 2 nitrogen and oxygen atoms in total. The maximum atomic E-state index is 6.41. The van der Waals surface area contributed by atoms with E-state index in [1.54, 1.807) is 11.3 Å². The Hall–Kier alpha value is -1.58. The van der Waals surface area contributed by atoms with E-state index in [9.17, 15) is 0 Å².